The molecule has 0 aromatic heterocycles. The number of piperazine rings is 1. The highest BCUT2D eigenvalue weighted by molar-refractivity contribution is 5.82. The van der Waals surface area contributed by atoms with Crippen LogP contribution in [0.5, 0.6) is 0 Å². The van der Waals surface area contributed by atoms with Crippen molar-refractivity contribution in [1.29, 1.82) is 0 Å². The summed E-state index contributed by atoms with van der Waals surface area (Å²) in [6, 6.07) is 0. The molecule has 1 aliphatic carbocycles. The lowest BCUT2D eigenvalue weighted by Crippen LogP contribution is -2.54. The van der Waals surface area contributed by atoms with Gasteiger partial charge < -0.3 is 9.80 Å². The van der Waals surface area contributed by atoms with E-state index >= 15 is 4.39 Å². The maximum absolute atomic E-state index is 15.3. The molecule has 154 valence electrons. The number of hydrogen-bond donors (Lipinski definition) is 0. The molecule has 3 aliphatic rings. The number of alkyl halides is 1. The first-order chi connectivity index (χ1) is 12.9. The number of nitrogens with zero attached hydrogens (tertiary/aromatic N) is 3. The number of Topliss-reactive ketones (excluding diaryl/α,β-unsaturated/α-hetero) is 1. The highest BCUT2D eigenvalue weighted by atomic mass is 19.1. The summed E-state index contributed by atoms with van der Waals surface area (Å²) in [6.45, 7) is 7.38. The van der Waals surface area contributed by atoms with E-state index in [-0.39, 0.29) is 17.7 Å². The van der Waals surface area contributed by atoms with E-state index in [1.807, 2.05) is 11.8 Å². The molecule has 6 heteroatoms. The van der Waals surface area contributed by atoms with E-state index < -0.39 is 5.67 Å². The smallest absolute Gasteiger partial charge is 0.225 e. The average Bonchev–Trinajstić information content (AvgIpc) is 2.69. The van der Waals surface area contributed by atoms with Crippen molar-refractivity contribution in [2.24, 2.45) is 11.8 Å². The second-order valence-corrected chi connectivity index (χ2v) is 8.92. The fraction of sp³-hybridized carbons (Fsp3) is 0.905. The summed E-state index contributed by atoms with van der Waals surface area (Å²) in [6.07, 6.45) is 4.81. The first-order valence-electron chi connectivity index (χ1n) is 10.8. The van der Waals surface area contributed by atoms with Crippen molar-refractivity contribution in [3.8, 4) is 0 Å². The number of likely N-dealkylation sites (N-methyl/N-ethyl adjacent to an activating group) is 1. The Morgan fingerprint density at radius 1 is 0.926 bits per heavy atom. The SMILES string of the molecule is CCC(=O)C1CCC(C(=O)N2CCC(F)(CN3CCN(C)CC3)CC2)CC1. The predicted molar refractivity (Wildman–Crippen MR) is 104 cm³/mol. The lowest BCUT2D eigenvalue weighted by Gasteiger charge is -2.42. The van der Waals surface area contributed by atoms with Crippen LogP contribution in [0.25, 0.3) is 0 Å². The van der Waals surface area contributed by atoms with E-state index in [1.165, 1.54) is 0 Å². The molecule has 0 unspecified atom stereocenters. The van der Waals surface area contributed by atoms with Gasteiger partial charge in [0.2, 0.25) is 5.91 Å². The number of amides is 1. The van der Waals surface area contributed by atoms with Crippen LogP contribution in [-0.4, -0.2) is 84.9 Å². The van der Waals surface area contributed by atoms with Crippen molar-refractivity contribution in [3.05, 3.63) is 0 Å². The van der Waals surface area contributed by atoms with Crippen LogP contribution in [0.15, 0.2) is 0 Å². The number of ketones is 1. The minimum Gasteiger partial charge on any atom is -0.342 e. The molecule has 0 spiro atoms. The molecular weight excluding hydrogens is 345 g/mol. The summed E-state index contributed by atoms with van der Waals surface area (Å²) < 4.78 is 15.3. The Hall–Kier alpha value is -1.01. The quantitative estimate of drug-likeness (QED) is 0.733. The van der Waals surface area contributed by atoms with Crippen LogP contribution < -0.4 is 0 Å². The van der Waals surface area contributed by atoms with Gasteiger partial charge in [0.15, 0.2) is 0 Å². The molecule has 0 bridgehead atoms. The predicted octanol–water partition coefficient (Wildman–Crippen LogP) is 2.35. The zero-order valence-electron chi connectivity index (χ0n) is 17.1. The Morgan fingerprint density at radius 3 is 2.04 bits per heavy atom. The molecule has 0 atom stereocenters. The van der Waals surface area contributed by atoms with Crippen LogP contribution in [0.2, 0.25) is 0 Å². The Kier molecular flexibility index (Phi) is 6.90. The standard InChI is InChI=1S/C21H36FN3O2/c1-3-19(26)17-4-6-18(7-5-17)20(27)25-10-8-21(22,9-11-25)16-24-14-12-23(2)13-15-24/h17-18H,3-16H2,1-2H3. The maximum atomic E-state index is 15.3. The summed E-state index contributed by atoms with van der Waals surface area (Å²) in [5, 5.41) is 0. The summed E-state index contributed by atoms with van der Waals surface area (Å²) in [5.74, 6) is 0.724. The van der Waals surface area contributed by atoms with E-state index in [4.69, 9.17) is 0 Å². The summed E-state index contributed by atoms with van der Waals surface area (Å²) in [5.41, 5.74) is -1.15. The number of likely N-dealkylation sites (tertiary alicyclic amines) is 1. The van der Waals surface area contributed by atoms with Crippen LogP contribution in [0, 0.1) is 11.8 Å². The molecule has 2 saturated heterocycles. The second kappa shape index (κ2) is 8.99. The van der Waals surface area contributed by atoms with Crippen molar-refractivity contribution in [1.82, 2.24) is 14.7 Å². The Bertz CT molecular complexity index is 518. The highest BCUT2D eigenvalue weighted by Gasteiger charge is 2.39. The number of carbonyl (C=O) groups is 2. The van der Waals surface area contributed by atoms with Gasteiger partial charge in [-0.2, -0.15) is 0 Å². The van der Waals surface area contributed by atoms with Gasteiger partial charge in [-0.3, -0.25) is 14.5 Å². The van der Waals surface area contributed by atoms with Crippen molar-refractivity contribution in [3.63, 3.8) is 0 Å². The second-order valence-electron chi connectivity index (χ2n) is 8.92. The fourth-order valence-corrected chi connectivity index (χ4v) is 4.90. The number of piperidine rings is 1. The fourth-order valence-electron chi connectivity index (χ4n) is 4.90. The minimum atomic E-state index is -1.15. The van der Waals surface area contributed by atoms with Gasteiger partial charge in [-0.1, -0.05) is 6.92 Å². The van der Waals surface area contributed by atoms with Crippen molar-refractivity contribution in [2.75, 3.05) is 52.9 Å². The number of halogens is 1. The van der Waals surface area contributed by atoms with Crippen LogP contribution in [0.1, 0.15) is 51.9 Å². The Labute approximate surface area is 163 Å². The molecule has 0 aromatic carbocycles. The molecule has 5 nitrogen and oxygen atoms in total. The van der Waals surface area contributed by atoms with Gasteiger partial charge in [0.1, 0.15) is 11.5 Å². The highest BCUT2D eigenvalue weighted by Crippen LogP contribution is 2.34. The minimum absolute atomic E-state index is 0.0376. The molecule has 3 fully saturated rings. The largest absolute Gasteiger partial charge is 0.342 e. The third-order valence-corrected chi connectivity index (χ3v) is 6.95. The monoisotopic (exact) mass is 381 g/mol. The molecule has 0 N–H and O–H groups in total. The van der Waals surface area contributed by atoms with Gasteiger partial charge in [-0.25, -0.2) is 4.39 Å². The first-order valence-corrected chi connectivity index (χ1v) is 10.8. The normalized spacial score (nSPS) is 30.3. The molecular formula is C21H36FN3O2. The van der Waals surface area contributed by atoms with Crippen LogP contribution in [0.4, 0.5) is 4.39 Å². The number of carbonyl (C=O) groups excluding carboxylic acids is 2. The molecule has 2 aliphatic heterocycles. The van der Waals surface area contributed by atoms with E-state index in [2.05, 4.69) is 16.8 Å². The molecule has 0 aromatic rings. The van der Waals surface area contributed by atoms with Crippen molar-refractivity contribution in [2.45, 2.75) is 57.5 Å². The zero-order valence-corrected chi connectivity index (χ0v) is 17.1. The molecule has 1 amide bonds. The molecule has 2 heterocycles. The number of rotatable bonds is 5. The lowest BCUT2D eigenvalue weighted by atomic mass is 9.78. The van der Waals surface area contributed by atoms with Crippen LogP contribution >= 0.6 is 0 Å². The number of hydrogen-bond acceptors (Lipinski definition) is 4. The third kappa shape index (κ3) is 5.29. The summed E-state index contributed by atoms with van der Waals surface area (Å²) in [7, 11) is 2.11. The van der Waals surface area contributed by atoms with Crippen LogP contribution in [0.3, 0.4) is 0 Å². The van der Waals surface area contributed by atoms with E-state index in [0.717, 1.165) is 51.9 Å². The third-order valence-electron chi connectivity index (χ3n) is 6.95. The van der Waals surface area contributed by atoms with Gasteiger partial charge in [-0.05, 0) is 32.7 Å². The van der Waals surface area contributed by atoms with Gasteiger partial charge in [-0.15, -0.1) is 0 Å². The Balaban J connectivity index is 1.43. The van der Waals surface area contributed by atoms with Gasteiger partial charge >= 0.3 is 0 Å². The molecule has 27 heavy (non-hydrogen) atoms. The topological polar surface area (TPSA) is 43.9 Å². The zero-order chi connectivity index (χ0) is 19.4. The molecule has 0 radical (unpaired) electrons. The van der Waals surface area contributed by atoms with E-state index in [1.54, 1.807) is 0 Å². The van der Waals surface area contributed by atoms with Crippen LogP contribution in [-0.2, 0) is 9.59 Å². The summed E-state index contributed by atoms with van der Waals surface area (Å²) >= 11 is 0. The maximum Gasteiger partial charge on any atom is 0.225 e. The average molecular weight is 382 g/mol. The van der Waals surface area contributed by atoms with Gasteiger partial charge in [0.25, 0.3) is 0 Å². The molecule has 1 saturated carbocycles. The molecule has 3 rings (SSSR count). The van der Waals surface area contributed by atoms with E-state index in [0.29, 0.717) is 44.7 Å². The lowest BCUT2D eigenvalue weighted by molar-refractivity contribution is -0.140. The Morgan fingerprint density at radius 2 is 1.48 bits per heavy atom. The summed E-state index contributed by atoms with van der Waals surface area (Å²) in [4.78, 5) is 31.1. The first kappa shape index (κ1) is 20.7. The van der Waals surface area contributed by atoms with Gasteiger partial charge in [0, 0.05) is 76.9 Å². The van der Waals surface area contributed by atoms with Crippen molar-refractivity contribution < 1.29 is 14.0 Å². The van der Waals surface area contributed by atoms with Gasteiger partial charge in [0.05, 0.1) is 0 Å². The van der Waals surface area contributed by atoms with E-state index in [9.17, 15) is 9.59 Å². The van der Waals surface area contributed by atoms with Crippen molar-refractivity contribution >= 4 is 11.7 Å².